The van der Waals surface area contributed by atoms with Crippen molar-refractivity contribution in [3.05, 3.63) is 82.6 Å². The fourth-order valence-corrected chi connectivity index (χ4v) is 5.16. The van der Waals surface area contributed by atoms with Gasteiger partial charge in [0, 0.05) is 37.3 Å². The van der Waals surface area contributed by atoms with E-state index in [2.05, 4.69) is 35.2 Å². The summed E-state index contributed by atoms with van der Waals surface area (Å²) >= 11 is 0. The van der Waals surface area contributed by atoms with Crippen LogP contribution in [0.1, 0.15) is 33.5 Å². The van der Waals surface area contributed by atoms with Crippen molar-refractivity contribution in [3.63, 3.8) is 0 Å². The zero-order valence-corrected chi connectivity index (χ0v) is 23.4. The summed E-state index contributed by atoms with van der Waals surface area (Å²) in [6.45, 7) is 2.51. The van der Waals surface area contributed by atoms with Gasteiger partial charge in [0.25, 0.3) is 0 Å². The zero-order valence-electron chi connectivity index (χ0n) is 23.4. The molecule has 0 N–H and O–H groups in total. The molecule has 8 nitrogen and oxygen atoms in total. The van der Waals surface area contributed by atoms with E-state index in [1.165, 1.54) is 12.7 Å². The van der Waals surface area contributed by atoms with Crippen molar-refractivity contribution in [2.24, 2.45) is 0 Å². The molecule has 0 amide bonds. The third-order valence-corrected chi connectivity index (χ3v) is 7.20. The minimum atomic E-state index is -0.283. The van der Waals surface area contributed by atoms with Gasteiger partial charge < -0.3 is 28.4 Å². The molecule has 0 spiro atoms. The summed E-state index contributed by atoms with van der Waals surface area (Å²) in [5.41, 5.74) is 4.09. The lowest BCUT2D eigenvalue weighted by Gasteiger charge is -2.27. The van der Waals surface area contributed by atoms with Gasteiger partial charge in [0.2, 0.25) is 5.78 Å². The van der Waals surface area contributed by atoms with Crippen molar-refractivity contribution < 1.29 is 33.2 Å². The van der Waals surface area contributed by atoms with Gasteiger partial charge in [-0.3, -0.25) is 9.69 Å². The minimum Gasteiger partial charge on any atom is -0.496 e. The molecule has 3 aromatic carbocycles. The van der Waals surface area contributed by atoms with E-state index in [0.29, 0.717) is 45.6 Å². The number of ether oxygens (including phenoxy) is 6. The fourth-order valence-electron chi connectivity index (χ4n) is 5.16. The van der Waals surface area contributed by atoms with E-state index in [1.54, 1.807) is 52.7 Å². The molecule has 2 aliphatic rings. The molecule has 0 bridgehead atoms. The Morgan fingerprint density at radius 2 is 1.43 bits per heavy atom. The molecule has 5 rings (SSSR count). The molecular weight excluding hydrogens is 510 g/mol. The van der Waals surface area contributed by atoms with Crippen molar-refractivity contribution in [1.29, 1.82) is 0 Å². The number of fused-ring (bicyclic) bond motifs is 1. The van der Waals surface area contributed by atoms with Crippen molar-refractivity contribution in [2.45, 2.75) is 13.0 Å². The number of carbonyl (C=O) groups excluding carboxylic acids is 1. The Kier molecular flexibility index (Phi) is 7.98. The zero-order chi connectivity index (χ0) is 28.2. The van der Waals surface area contributed by atoms with Crippen LogP contribution in [0.4, 0.5) is 0 Å². The molecule has 0 radical (unpaired) electrons. The highest BCUT2D eigenvalue weighted by Crippen LogP contribution is 2.49. The molecule has 0 atom stereocenters. The van der Waals surface area contributed by atoms with Crippen molar-refractivity contribution in [2.75, 3.05) is 48.6 Å². The number of Topliss-reactive ketones (excluding diaryl/α,β-unsaturated/α-hetero) is 1. The van der Waals surface area contributed by atoms with Crippen molar-refractivity contribution in [1.82, 2.24) is 4.90 Å². The fraction of sp³-hybridized carbons (Fsp3) is 0.281. The van der Waals surface area contributed by atoms with E-state index in [0.717, 1.165) is 37.2 Å². The predicted molar refractivity (Wildman–Crippen MR) is 153 cm³/mol. The predicted octanol–water partition coefficient (Wildman–Crippen LogP) is 5.64. The van der Waals surface area contributed by atoms with E-state index < -0.39 is 0 Å². The largest absolute Gasteiger partial charge is 0.496 e. The van der Waals surface area contributed by atoms with Gasteiger partial charge in [-0.25, -0.2) is 0 Å². The summed E-state index contributed by atoms with van der Waals surface area (Å²) in [6.07, 6.45) is 4.61. The number of methoxy groups -OCH3 is 5. The van der Waals surface area contributed by atoms with Gasteiger partial charge in [-0.05, 0) is 29.7 Å². The monoisotopic (exact) mass is 543 g/mol. The number of nitrogens with zero attached hydrogens (tertiary/aromatic N) is 1. The molecule has 2 heterocycles. The Bertz CT molecular complexity index is 1480. The Hall–Kier alpha value is -4.43. The quantitative estimate of drug-likeness (QED) is 0.321. The first-order chi connectivity index (χ1) is 19.5. The Balaban J connectivity index is 1.53. The number of ketones is 1. The van der Waals surface area contributed by atoms with Gasteiger partial charge in [0.05, 0.1) is 41.1 Å². The number of allylic oxidation sites excluding steroid dienone is 1. The van der Waals surface area contributed by atoms with E-state index >= 15 is 0 Å². The van der Waals surface area contributed by atoms with Crippen LogP contribution in [0.25, 0.3) is 11.6 Å². The molecule has 208 valence electrons. The molecule has 8 heteroatoms. The second-order valence-corrected chi connectivity index (χ2v) is 9.45. The molecular formula is C32H33NO7. The van der Waals surface area contributed by atoms with E-state index in [9.17, 15) is 4.79 Å². The molecule has 0 unspecified atom stereocenters. The first kappa shape index (κ1) is 27.1. The van der Waals surface area contributed by atoms with E-state index in [-0.39, 0.29) is 11.5 Å². The van der Waals surface area contributed by atoms with Crippen molar-refractivity contribution >= 4 is 17.4 Å². The molecule has 0 fully saturated rings. The number of hydrogen-bond donors (Lipinski definition) is 0. The van der Waals surface area contributed by atoms with Crippen LogP contribution in [-0.2, 0) is 6.54 Å². The summed E-state index contributed by atoms with van der Waals surface area (Å²) in [5, 5.41) is 0. The summed E-state index contributed by atoms with van der Waals surface area (Å²) in [6, 6.07) is 15.6. The Morgan fingerprint density at radius 3 is 2.05 bits per heavy atom. The summed E-state index contributed by atoms with van der Waals surface area (Å²) in [7, 11) is 7.80. The smallest absolute Gasteiger partial charge is 0.235 e. The van der Waals surface area contributed by atoms with Gasteiger partial charge in [0.15, 0.2) is 23.0 Å². The molecule has 3 aromatic rings. The van der Waals surface area contributed by atoms with E-state index in [4.69, 9.17) is 28.4 Å². The highest BCUT2D eigenvalue weighted by atomic mass is 16.5. The van der Waals surface area contributed by atoms with Crippen LogP contribution in [0.15, 0.2) is 60.4 Å². The van der Waals surface area contributed by atoms with Gasteiger partial charge in [-0.15, -0.1) is 0 Å². The van der Waals surface area contributed by atoms with Crippen LogP contribution >= 0.6 is 0 Å². The van der Waals surface area contributed by atoms with Crippen LogP contribution in [0.5, 0.6) is 34.5 Å². The minimum absolute atomic E-state index is 0.149. The van der Waals surface area contributed by atoms with Gasteiger partial charge >= 0.3 is 0 Å². The molecule has 0 aliphatic carbocycles. The third kappa shape index (κ3) is 5.10. The van der Waals surface area contributed by atoms with E-state index in [1.807, 2.05) is 6.07 Å². The molecule has 0 saturated heterocycles. The highest BCUT2D eigenvalue weighted by molar-refractivity contribution is 6.17. The maximum absolute atomic E-state index is 13.7. The van der Waals surface area contributed by atoms with Crippen LogP contribution in [-0.4, -0.2) is 59.3 Å². The lowest BCUT2D eigenvalue weighted by molar-refractivity contribution is 0.101. The summed E-state index contributed by atoms with van der Waals surface area (Å²) in [4.78, 5) is 16.1. The SMILES string of the molecule is COc1cc(OC)c(OC)cc1C=C1Oc2c(c(OC)cc(OC)c2C2=CCN(Cc3ccccc3)CC2)C1=O. The second-order valence-electron chi connectivity index (χ2n) is 9.45. The summed E-state index contributed by atoms with van der Waals surface area (Å²) < 4.78 is 34.1. The maximum atomic E-state index is 13.7. The third-order valence-electron chi connectivity index (χ3n) is 7.20. The lowest BCUT2D eigenvalue weighted by Crippen LogP contribution is -2.28. The lowest BCUT2D eigenvalue weighted by atomic mass is 9.94. The number of rotatable bonds is 9. The normalized spacial score (nSPS) is 15.8. The van der Waals surface area contributed by atoms with Crippen LogP contribution in [0, 0.1) is 0 Å². The molecule has 2 aliphatic heterocycles. The van der Waals surface area contributed by atoms with Crippen LogP contribution in [0.2, 0.25) is 0 Å². The average molecular weight is 544 g/mol. The number of benzene rings is 3. The number of carbonyl (C=O) groups is 1. The molecule has 0 aromatic heterocycles. The first-order valence-corrected chi connectivity index (χ1v) is 13.0. The van der Waals surface area contributed by atoms with Crippen molar-refractivity contribution in [3.8, 4) is 34.5 Å². The maximum Gasteiger partial charge on any atom is 0.235 e. The van der Waals surface area contributed by atoms with Crippen LogP contribution in [0.3, 0.4) is 0 Å². The first-order valence-electron chi connectivity index (χ1n) is 13.0. The van der Waals surface area contributed by atoms with Gasteiger partial charge in [-0.1, -0.05) is 36.4 Å². The van der Waals surface area contributed by atoms with Crippen LogP contribution < -0.4 is 28.4 Å². The summed E-state index contributed by atoms with van der Waals surface area (Å²) in [5.74, 6) is 2.82. The highest BCUT2D eigenvalue weighted by Gasteiger charge is 2.37. The standard InChI is InChI=1S/C32H33NO7/c1-35-23-17-25(37-3)24(36-2)15-22(23)16-28-31(34)30-27(39-5)18-26(38-4)29(32(30)40-28)21-11-13-33(14-12-21)19-20-9-7-6-8-10-20/h6-11,15-18H,12-14,19H2,1-5H3. The average Bonchev–Trinajstić information content (AvgIpc) is 3.32. The Morgan fingerprint density at radius 1 is 0.800 bits per heavy atom. The topological polar surface area (TPSA) is 75.7 Å². The Labute approximate surface area is 234 Å². The molecule has 40 heavy (non-hydrogen) atoms. The molecule has 0 saturated carbocycles. The van der Waals surface area contributed by atoms with Gasteiger partial charge in [0.1, 0.15) is 22.8 Å². The second kappa shape index (κ2) is 11.8. The number of hydrogen-bond acceptors (Lipinski definition) is 8. The van der Waals surface area contributed by atoms with Gasteiger partial charge in [-0.2, -0.15) is 0 Å².